The maximum Gasteiger partial charge on any atom is 0.433 e. The molecule has 5 heterocycles. The summed E-state index contributed by atoms with van der Waals surface area (Å²) in [6.45, 7) is 5.97. The number of hydrogen-bond acceptors (Lipinski definition) is 7. The SMILES string of the molecule is CC(C)Oc1cc2nc(C3CCCCC3)cn2cc1C(=O)Nc1cccc(C(F)(F)F)n1.CN1CCC(c2ccc(C3CCC(=O)NC3=O)cc2)CC1. The van der Waals surface area contributed by atoms with Gasteiger partial charge in [-0.15, -0.1) is 0 Å². The van der Waals surface area contributed by atoms with Crippen molar-refractivity contribution in [3.63, 3.8) is 0 Å². The number of nitrogens with zero attached hydrogens (tertiary/aromatic N) is 4. The molecule has 0 bridgehead atoms. The minimum atomic E-state index is -4.60. The Labute approximate surface area is 307 Å². The minimum absolute atomic E-state index is 0.154. The van der Waals surface area contributed by atoms with Crippen LogP contribution >= 0.6 is 0 Å². The zero-order valence-corrected chi connectivity index (χ0v) is 30.4. The van der Waals surface area contributed by atoms with Gasteiger partial charge in [-0.1, -0.05) is 49.6 Å². The molecule has 3 aromatic heterocycles. The molecule has 3 fully saturated rings. The number of carbonyl (C=O) groups is 3. The number of alkyl halides is 3. The van der Waals surface area contributed by atoms with Crippen LogP contribution in [0.25, 0.3) is 5.65 Å². The van der Waals surface area contributed by atoms with Gasteiger partial charge in [-0.25, -0.2) is 9.97 Å². The van der Waals surface area contributed by atoms with Crippen molar-refractivity contribution in [2.75, 3.05) is 25.5 Å². The van der Waals surface area contributed by atoms with Gasteiger partial charge in [-0.3, -0.25) is 19.7 Å². The molecule has 10 nitrogen and oxygen atoms in total. The summed E-state index contributed by atoms with van der Waals surface area (Å²) in [6.07, 6.45) is 7.97. The van der Waals surface area contributed by atoms with E-state index < -0.39 is 17.8 Å². The lowest BCUT2D eigenvalue weighted by Crippen LogP contribution is -2.39. The first-order valence-corrected chi connectivity index (χ1v) is 18.5. The molecule has 2 saturated heterocycles. The van der Waals surface area contributed by atoms with Gasteiger partial charge in [0.15, 0.2) is 0 Å². The van der Waals surface area contributed by atoms with Crippen molar-refractivity contribution < 1.29 is 32.3 Å². The molecule has 0 radical (unpaired) electrons. The maximum absolute atomic E-state index is 13.0. The number of benzene rings is 1. The number of imidazole rings is 1. The normalized spacial score (nSPS) is 19.1. The van der Waals surface area contributed by atoms with E-state index in [0.29, 0.717) is 36.1 Å². The second kappa shape index (κ2) is 16.5. The Morgan fingerprint density at radius 2 is 1.60 bits per heavy atom. The van der Waals surface area contributed by atoms with E-state index in [1.54, 1.807) is 16.7 Å². The minimum Gasteiger partial charge on any atom is -0.490 e. The van der Waals surface area contributed by atoms with Crippen LogP contribution in [0.4, 0.5) is 19.0 Å². The molecular formula is C40H47F3N6O4. The number of rotatable bonds is 7. The third-order valence-electron chi connectivity index (χ3n) is 10.3. The first kappa shape index (κ1) is 38.0. The number of carbonyl (C=O) groups excluding carboxylic acids is 3. The molecule has 53 heavy (non-hydrogen) atoms. The Bertz CT molecular complexity index is 1910. The van der Waals surface area contributed by atoms with Crippen LogP contribution in [0.1, 0.15) is 122 Å². The third-order valence-corrected chi connectivity index (χ3v) is 10.3. The second-order valence-corrected chi connectivity index (χ2v) is 14.6. The molecule has 1 aromatic carbocycles. The Hall–Kier alpha value is -4.78. The highest BCUT2D eigenvalue weighted by Crippen LogP contribution is 2.34. The number of pyridine rings is 2. The predicted octanol–water partition coefficient (Wildman–Crippen LogP) is 7.85. The van der Waals surface area contributed by atoms with E-state index in [4.69, 9.17) is 9.72 Å². The maximum atomic E-state index is 13.0. The number of ether oxygens (including phenoxy) is 1. The van der Waals surface area contributed by atoms with Gasteiger partial charge in [0.25, 0.3) is 5.91 Å². The molecule has 3 aliphatic rings. The Balaban J connectivity index is 0.000000198. The largest absolute Gasteiger partial charge is 0.490 e. The van der Waals surface area contributed by atoms with Gasteiger partial charge in [-0.2, -0.15) is 13.2 Å². The lowest BCUT2D eigenvalue weighted by molar-refractivity contribution is -0.141. The number of imide groups is 1. The van der Waals surface area contributed by atoms with Gasteiger partial charge in [0.1, 0.15) is 22.9 Å². The number of fused-ring (bicyclic) bond motifs is 1. The quantitative estimate of drug-likeness (QED) is 0.186. The van der Waals surface area contributed by atoms with Crippen molar-refractivity contribution in [1.29, 1.82) is 0 Å². The van der Waals surface area contributed by atoms with Crippen LogP contribution in [0.15, 0.2) is 60.9 Å². The summed E-state index contributed by atoms with van der Waals surface area (Å²) in [7, 11) is 2.17. The molecule has 2 N–H and O–H groups in total. The van der Waals surface area contributed by atoms with E-state index >= 15 is 0 Å². The highest BCUT2D eigenvalue weighted by atomic mass is 19.4. The molecule has 3 amide bonds. The summed E-state index contributed by atoms with van der Waals surface area (Å²) in [5, 5.41) is 4.88. The first-order valence-electron chi connectivity index (χ1n) is 18.5. The monoisotopic (exact) mass is 732 g/mol. The van der Waals surface area contributed by atoms with Gasteiger partial charge < -0.3 is 19.4 Å². The predicted molar refractivity (Wildman–Crippen MR) is 195 cm³/mol. The highest BCUT2D eigenvalue weighted by Gasteiger charge is 2.33. The second-order valence-electron chi connectivity index (χ2n) is 14.6. The van der Waals surface area contributed by atoms with E-state index in [2.05, 4.69) is 51.8 Å². The van der Waals surface area contributed by atoms with Crippen LogP contribution in [0.2, 0.25) is 0 Å². The van der Waals surface area contributed by atoms with Crippen molar-refractivity contribution in [2.45, 2.75) is 102 Å². The van der Waals surface area contributed by atoms with Crippen LogP contribution in [0.5, 0.6) is 5.75 Å². The molecule has 1 aliphatic carbocycles. The molecule has 282 valence electrons. The number of amides is 3. The molecular weight excluding hydrogens is 685 g/mol. The lowest BCUT2D eigenvalue weighted by atomic mass is 9.86. The average Bonchev–Trinajstić information content (AvgIpc) is 3.55. The zero-order chi connectivity index (χ0) is 37.7. The number of piperidine rings is 2. The molecule has 2 aliphatic heterocycles. The summed E-state index contributed by atoms with van der Waals surface area (Å²) in [5.74, 6) is 0.0717. The topological polar surface area (TPSA) is 118 Å². The van der Waals surface area contributed by atoms with Gasteiger partial charge in [0.2, 0.25) is 11.8 Å². The van der Waals surface area contributed by atoms with E-state index in [1.165, 1.54) is 49.8 Å². The van der Waals surface area contributed by atoms with Gasteiger partial charge in [0, 0.05) is 30.8 Å². The van der Waals surface area contributed by atoms with Crippen molar-refractivity contribution >= 4 is 29.2 Å². The number of likely N-dealkylation sites (tertiary alicyclic amines) is 1. The van der Waals surface area contributed by atoms with Gasteiger partial charge in [0.05, 0.1) is 23.3 Å². The van der Waals surface area contributed by atoms with Crippen LogP contribution in [0.3, 0.4) is 0 Å². The summed E-state index contributed by atoms with van der Waals surface area (Å²) >= 11 is 0. The van der Waals surface area contributed by atoms with Gasteiger partial charge >= 0.3 is 6.18 Å². The standard InChI is InChI=1S/C23H25F3N4O2.C17H22N2O2/c1-14(2)32-18-11-21-27-17(15-7-4-3-5-8-15)13-30(21)12-16(18)22(31)29-20-10-6-9-19(28-20)23(24,25)26;1-19-10-8-13(9-11-19)12-2-4-14(5-3-12)15-6-7-16(20)18-17(15)21/h6,9-15H,3-5,7-8H2,1-2H3,(H,28,29,31);2-5,13,15H,6-11H2,1H3,(H,18,20,21). The van der Waals surface area contributed by atoms with Crippen molar-refractivity contribution in [3.8, 4) is 5.75 Å². The number of aromatic nitrogens is 3. The van der Waals surface area contributed by atoms with Crippen LogP contribution in [-0.4, -0.2) is 63.2 Å². The fraction of sp³-hybridized carbons (Fsp3) is 0.475. The highest BCUT2D eigenvalue weighted by molar-refractivity contribution is 6.06. The average molecular weight is 733 g/mol. The third kappa shape index (κ3) is 9.61. The van der Waals surface area contributed by atoms with E-state index in [-0.39, 0.29) is 35.2 Å². The summed E-state index contributed by atoms with van der Waals surface area (Å²) in [4.78, 5) is 46.7. The molecule has 1 unspecified atom stereocenters. The van der Waals surface area contributed by atoms with Crippen LogP contribution < -0.4 is 15.4 Å². The fourth-order valence-electron chi connectivity index (χ4n) is 7.35. The number of hydrogen-bond donors (Lipinski definition) is 2. The number of halogens is 3. The van der Waals surface area contributed by atoms with E-state index in [9.17, 15) is 27.6 Å². The Morgan fingerprint density at radius 3 is 2.26 bits per heavy atom. The summed E-state index contributed by atoms with van der Waals surface area (Å²) in [5.41, 5.74) is 3.16. The molecule has 0 spiro atoms. The summed E-state index contributed by atoms with van der Waals surface area (Å²) < 4.78 is 46.5. The van der Waals surface area contributed by atoms with E-state index in [1.807, 2.05) is 20.0 Å². The van der Waals surface area contributed by atoms with E-state index in [0.717, 1.165) is 43.3 Å². The van der Waals surface area contributed by atoms with Crippen LogP contribution in [0, 0.1) is 0 Å². The van der Waals surface area contributed by atoms with Crippen LogP contribution in [-0.2, 0) is 15.8 Å². The van der Waals surface area contributed by atoms with Crippen molar-refractivity contribution in [2.24, 2.45) is 0 Å². The first-order chi connectivity index (χ1) is 25.3. The lowest BCUT2D eigenvalue weighted by Gasteiger charge is -2.29. The number of anilines is 1. The van der Waals surface area contributed by atoms with Gasteiger partial charge in [-0.05, 0) is 95.3 Å². The Morgan fingerprint density at radius 1 is 0.906 bits per heavy atom. The summed E-state index contributed by atoms with van der Waals surface area (Å²) in [6, 6.07) is 13.5. The zero-order valence-electron chi connectivity index (χ0n) is 30.4. The molecule has 13 heteroatoms. The molecule has 1 atom stereocenters. The molecule has 7 rings (SSSR count). The molecule has 1 saturated carbocycles. The smallest absolute Gasteiger partial charge is 0.433 e. The fourth-order valence-corrected chi connectivity index (χ4v) is 7.35. The van der Waals surface area contributed by atoms with Crippen molar-refractivity contribution in [1.82, 2.24) is 24.6 Å². The Kier molecular flexibility index (Phi) is 11.8. The number of nitrogens with one attached hydrogen (secondary N) is 2. The van der Waals surface area contributed by atoms with Crippen molar-refractivity contribution in [3.05, 3.63) is 89.0 Å². The molecule has 4 aromatic rings.